The van der Waals surface area contributed by atoms with Gasteiger partial charge in [0.25, 0.3) is 17.7 Å². The van der Waals surface area contributed by atoms with Gasteiger partial charge in [0.15, 0.2) is 11.5 Å². The number of ether oxygens (including phenoxy) is 2. The van der Waals surface area contributed by atoms with Gasteiger partial charge < -0.3 is 19.7 Å². The van der Waals surface area contributed by atoms with Crippen molar-refractivity contribution in [2.75, 3.05) is 24.5 Å². The third-order valence-corrected chi connectivity index (χ3v) is 13.9. The van der Waals surface area contributed by atoms with Crippen LogP contribution in [0.25, 0.3) is 0 Å². The van der Waals surface area contributed by atoms with Crippen LogP contribution in [-0.4, -0.2) is 106 Å². The molecule has 5 amide bonds. The highest BCUT2D eigenvalue weighted by Gasteiger charge is 2.64. The Hall–Kier alpha value is -5.59. The average molecular weight is 865 g/mol. The number of hydrogen-bond acceptors (Lipinski definition) is 12. The molecule has 62 heavy (non-hydrogen) atoms. The number of benzene rings is 2. The molecule has 326 valence electrons. The van der Waals surface area contributed by atoms with Crippen molar-refractivity contribution >= 4 is 47.0 Å². The highest BCUT2D eigenvalue weighted by molar-refractivity contribution is 6.31. The highest BCUT2D eigenvalue weighted by Crippen LogP contribution is 2.55. The quantitative estimate of drug-likeness (QED) is 0.217. The molecule has 8 rings (SSSR count). The number of nitrogens with one attached hydrogen (secondary N) is 2. The third kappa shape index (κ3) is 7.99. The van der Waals surface area contributed by atoms with E-state index in [2.05, 4.69) is 78.2 Å². The maximum atomic E-state index is 13.5. The number of nitriles is 1. The fourth-order valence-corrected chi connectivity index (χ4v) is 10.7. The van der Waals surface area contributed by atoms with Crippen molar-refractivity contribution in [3.8, 4) is 17.6 Å². The normalized spacial score (nSPS) is 25.5. The van der Waals surface area contributed by atoms with Crippen LogP contribution in [0.5, 0.6) is 11.5 Å². The summed E-state index contributed by atoms with van der Waals surface area (Å²) in [4.78, 5) is 69.7. The van der Waals surface area contributed by atoms with Gasteiger partial charge in [0.2, 0.25) is 11.8 Å². The number of fused-ring (bicyclic) bond motifs is 1. The first-order chi connectivity index (χ1) is 29.5. The summed E-state index contributed by atoms with van der Waals surface area (Å²) < 4.78 is 12.7. The molecule has 1 atom stereocenters. The molecule has 2 aliphatic carbocycles. The van der Waals surface area contributed by atoms with E-state index in [1.807, 2.05) is 6.07 Å². The minimum Gasteiger partial charge on any atom is -0.490 e. The van der Waals surface area contributed by atoms with Crippen molar-refractivity contribution in [2.24, 2.45) is 16.7 Å². The zero-order valence-corrected chi connectivity index (χ0v) is 36.7. The molecule has 2 aromatic carbocycles. The molecule has 2 saturated heterocycles. The Balaban J connectivity index is 0.795. The number of anilines is 1. The van der Waals surface area contributed by atoms with Gasteiger partial charge in [-0.15, -0.1) is 10.2 Å². The van der Waals surface area contributed by atoms with Gasteiger partial charge >= 0.3 is 0 Å². The van der Waals surface area contributed by atoms with E-state index in [9.17, 15) is 29.2 Å². The molecule has 2 N–H and O–H groups in total. The number of halogens is 1. The summed E-state index contributed by atoms with van der Waals surface area (Å²) in [5.74, 6) is -0.0706. The molecule has 3 aliphatic heterocycles. The molecule has 15 nitrogen and oxygen atoms in total. The largest absolute Gasteiger partial charge is 0.490 e. The number of amides is 5. The monoisotopic (exact) mass is 864 g/mol. The number of aromatic nitrogens is 2. The van der Waals surface area contributed by atoms with Gasteiger partial charge in [-0.25, -0.2) is 0 Å². The van der Waals surface area contributed by atoms with Gasteiger partial charge in [0, 0.05) is 73.9 Å². The summed E-state index contributed by atoms with van der Waals surface area (Å²) >= 11 is 6.25. The molecule has 1 aromatic heterocycles. The first kappa shape index (κ1) is 43.1. The summed E-state index contributed by atoms with van der Waals surface area (Å²) in [6, 6.07) is 15.1. The van der Waals surface area contributed by atoms with E-state index in [1.165, 1.54) is 0 Å². The van der Waals surface area contributed by atoms with E-state index in [-0.39, 0.29) is 53.8 Å². The van der Waals surface area contributed by atoms with Crippen LogP contribution >= 0.6 is 11.6 Å². The Morgan fingerprint density at radius 3 is 2.24 bits per heavy atom. The van der Waals surface area contributed by atoms with Crippen molar-refractivity contribution in [1.82, 2.24) is 30.6 Å². The lowest BCUT2D eigenvalue weighted by molar-refractivity contribution is -0.164. The molecule has 0 spiro atoms. The summed E-state index contributed by atoms with van der Waals surface area (Å²) in [7, 11) is 0. The molecule has 16 heteroatoms. The molecule has 3 aromatic rings. The number of carbonyl (C=O) groups excluding carboxylic acids is 5. The zero-order chi connectivity index (χ0) is 44.2. The average Bonchev–Trinajstić information content (AvgIpc) is 3.47. The predicted molar refractivity (Wildman–Crippen MR) is 229 cm³/mol. The second kappa shape index (κ2) is 16.6. The molecule has 2 saturated carbocycles. The van der Waals surface area contributed by atoms with E-state index < -0.39 is 40.5 Å². The topological polar surface area (TPSA) is 187 Å². The molecule has 5 aliphatic rings. The van der Waals surface area contributed by atoms with Crippen LogP contribution in [-0.2, 0) is 9.59 Å². The second-order valence-electron chi connectivity index (χ2n) is 18.8. The summed E-state index contributed by atoms with van der Waals surface area (Å²) in [5, 5.41) is 23.8. The van der Waals surface area contributed by atoms with Gasteiger partial charge in [-0.3, -0.25) is 39.1 Å². The lowest BCUT2D eigenvalue weighted by atomic mass is 9.49. The summed E-state index contributed by atoms with van der Waals surface area (Å²) in [6.45, 7) is 15.3. The smallest absolute Gasteiger partial charge is 0.272 e. The lowest BCUT2D eigenvalue weighted by Gasteiger charge is -2.63. The first-order valence-electron chi connectivity index (χ1n) is 21.5. The predicted octanol–water partition coefficient (Wildman–Crippen LogP) is 5.55. The van der Waals surface area contributed by atoms with Crippen molar-refractivity contribution < 1.29 is 33.4 Å². The van der Waals surface area contributed by atoms with E-state index in [4.69, 9.17) is 21.1 Å². The fraction of sp³-hybridized carbons (Fsp3) is 0.522. The summed E-state index contributed by atoms with van der Waals surface area (Å²) in [6.07, 6.45) is 3.62. The maximum Gasteiger partial charge on any atom is 0.272 e. The Labute approximate surface area is 366 Å². The van der Waals surface area contributed by atoms with Crippen molar-refractivity contribution in [2.45, 2.75) is 116 Å². The van der Waals surface area contributed by atoms with Crippen LogP contribution in [0.3, 0.4) is 0 Å². The molecule has 0 unspecified atom stereocenters. The highest BCUT2D eigenvalue weighted by atomic mass is 35.5. The number of imide groups is 2. The minimum absolute atomic E-state index is 0.0269. The van der Waals surface area contributed by atoms with E-state index >= 15 is 0 Å². The Bertz CT molecular complexity index is 2320. The Morgan fingerprint density at radius 2 is 1.61 bits per heavy atom. The van der Waals surface area contributed by atoms with E-state index in [0.717, 1.165) is 56.0 Å². The number of nitrogens with zero attached hydrogens (tertiary/aromatic N) is 6. The van der Waals surface area contributed by atoms with Crippen LogP contribution in [0.2, 0.25) is 5.02 Å². The van der Waals surface area contributed by atoms with E-state index in [0.29, 0.717) is 40.1 Å². The Morgan fingerprint density at radius 1 is 0.935 bits per heavy atom. The molecule has 4 heterocycles. The van der Waals surface area contributed by atoms with Gasteiger partial charge in [0.1, 0.15) is 35.8 Å². The van der Waals surface area contributed by atoms with Crippen LogP contribution in [0, 0.1) is 28.1 Å². The molecule has 0 radical (unpaired) electrons. The van der Waals surface area contributed by atoms with Crippen LogP contribution < -0.4 is 25.0 Å². The standard InChI is InChI=1S/C46H53ClN8O7/c1-25(2)54(28-19-31(20-28)61-29-9-10-32-33(21-29)42(60)55(41(32)59)36-12-14-38(56)49-40(36)58)24-26-15-17-53(18-16-26)37-13-11-35(51-52-37)39(57)50-43-45(3,4)44(46(43,5)6)62-30-8-7-27(23-48)34(47)22-30/h7-11,13,21-22,25-26,28,31,36,43-44H,12,14-20,24H2,1-6H3,(H,50,57)(H,49,56,58)/t28?,31?,36-,43?,44?/m1/s1. The zero-order valence-electron chi connectivity index (χ0n) is 35.9. The molecular weight excluding hydrogens is 812 g/mol. The molecular formula is C46H53ClN8O7. The van der Waals surface area contributed by atoms with Crippen molar-refractivity contribution in [3.05, 3.63) is 75.9 Å². The van der Waals surface area contributed by atoms with Gasteiger partial charge in [-0.05, 0) is 81.5 Å². The molecule has 0 bridgehead atoms. The lowest BCUT2D eigenvalue weighted by Crippen LogP contribution is -2.74. The van der Waals surface area contributed by atoms with Crippen molar-refractivity contribution in [3.63, 3.8) is 0 Å². The number of rotatable bonds is 12. The van der Waals surface area contributed by atoms with Crippen LogP contribution in [0.15, 0.2) is 48.5 Å². The Kier molecular flexibility index (Phi) is 11.5. The second-order valence-corrected chi connectivity index (χ2v) is 19.2. The first-order valence-corrected chi connectivity index (χ1v) is 21.9. The number of piperidine rings is 2. The van der Waals surface area contributed by atoms with Gasteiger partial charge in [-0.2, -0.15) is 5.26 Å². The van der Waals surface area contributed by atoms with Crippen LogP contribution in [0.1, 0.15) is 117 Å². The number of carbonyl (C=O) groups is 5. The van der Waals surface area contributed by atoms with Crippen LogP contribution in [0.4, 0.5) is 5.82 Å². The van der Waals surface area contributed by atoms with Gasteiger partial charge in [-0.1, -0.05) is 39.3 Å². The fourth-order valence-electron chi connectivity index (χ4n) is 10.5. The SMILES string of the molecule is CC(C)N(CC1CCN(c2ccc(C(=O)NC3C(C)(C)C(Oc4ccc(C#N)c(Cl)c4)C3(C)C)nn2)CC1)C1CC(Oc2ccc3c(c2)C(=O)N([C@@H]2CCC(=O)NC2=O)C3=O)C1. The van der Waals surface area contributed by atoms with Crippen molar-refractivity contribution in [1.29, 1.82) is 5.26 Å². The maximum absolute atomic E-state index is 13.5. The van der Waals surface area contributed by atoms with Gasteiger partial charge in [0.05, 0.1) is 21.7 Å². The summed E-state index contributed by atoms with van der Waals surface area (Å²) in [5.41, 5.74) is 0.273. The number of hydrogen-bond donors (Lipinski definition) is 2. The minimum atomic E-state index is -1.01. The van der Waals surface area contributed by atoms with E-state index in [1.54, 1.807) is 42.5 Å². The third-order valence-electron chi connectivity index (χ3n) is 13.6. The molecule has 4 fully saturated rings.